The Labute approximate surface area is 156 Å². The Bertz CT molecular complexity index is 593. The third kappa shape index (κ3) is 6.75. The van der Waals surface area contributed by atoms with Gasteiger partial charge >= 0.3 is 0 Å². The Kier molecular flexibility index (Phi) is 8.56. The normalized spacial score (nSPS) is 17.4. The van der Waals surface area contributed by atoms with Crippen molar-refractivity contribution in [3.63, 3.8) is 0 Å². The zero-order valence-electron chi connectivity index (χ0n) is 15.9. The summed E-state index contributed by atoms with van der Waals surface area (Å²) in [5.74, 6) is 0.000564. The van der Waals surface area contributed by atoms with Crippen molar-refractivity contribution >= 4 is 11.6 Å². The SMILES string of the molecule is CCN(CC)CCO[C@H]1CCN(CCC(=O)Nc2ccc(C#N)cc2)C1. The molecule has 1 saturated heterocycles. The number of nitriles is 1. The van der Waals surface area contributed by atoms with E-state index in [4.69, 9.17) is 10.00 Å². The summed E-state index contributed by atoms with van der Waals surface area (Å²) in [6.45, 7) is 10.9. The van der Waals surface area contributed by atoms with Gasteiger partial charge in [-0.2, -0.15) is 5.26 Å². The van der Waals surface area contributed by atoms with E-state index in [9.17, 15) is 4.79 Å². The Morgan fingerprint density at radius 1 is 1.35 bits per heavy atom. The molecule has 6 nitrogen and oxygen atoms in total. The van der Waals surface area contributed by atoms with E-state index in [-0.39, 0.29) is 12.0 Å². The molecule has 142 valence electrons. The summed E-state index contributed by atoms with van der Waals surface area (Å²) < 4.78 is 5.98. The number of nitrogens with zero attached hydrogens (tertiary/aromatic N) is 3. The van der Waals surface area contributed by atoms with Crippen molar-refractivity contribution < 1.29 is 9.53 Å². The van der Waals surface area contributed by atoms with E-state index in [2.05, 4.69) is 35.0 Å². The first-order chi connectivity index (χ1) is 12.6. The molecule has 1 aliphatic rings. The Hall–Kier alpha value is -1.94. The number of rotatable bonds is 10. The van der Waals surface area contributed by atoms with Crippen LogP contribution in [0.4, 0.5) is 5.69 Å². The number of carbonyl (C=O) groups is 1. The molecular formula is C20H30N4O2. The molecule has 1 fully saturated rings. The van der Waals surface area contributed by atoms with Gasteiger partial charge in [0.25, 0.3) is 0 Å². The van der Waals surface area contributed by atoms with Gasteiger partial charge in [0.15, 0.2) is 0 Å². The van der Waals surface area contributed by atoms with Gasteiger partial charge in [-0.3, -0.25) is 4.79 Å². The van der Waals surface area contributed by atoms with Crippen molar-refractivity contribution in [3.8, 4) is 6.07 Å². The van der Waals surface area contributed by atoms with E-state index in [1.807, 2.05) is 0 Å². The van der Waals surface area contributed by atoms with Crippen LogP contribution in [0.3, 0.4) is 0 Å². The van der Waals surface area contributed by atoms with Crippen LogP contribution in [0.2, 0.25) is 0 Å². The number of anilines is 1. The molecule has 1 aromatic carbocycles. The molecule has 1 aromatic rings. The van der Waals surface area contributed by atoms with Gasteiger partial charge in [-0.05, 0) is 43.8 Å². The lowest BCUT2D eigenvalue weighted by atomic mass is 10.2. The number of nitrogens with one attached hydrogen (secondary N) is 1. The number of likely N-dealkylation sites (tertiary alicyclic amines) is 1. The quantitative estimate of drug-likeness (QED) is 0.695. The molecule has 1 heterocycles. The largest absolute Gasteiger partial charge is 0.376 e. The van der Waals surface area contributed by atoms with Crippen molar-refractivity contribution in [2.24, 2.45) is 0 Å². The fourth-order valence-electron chi connectivity index (χ4n) is 3.14. The van der Waals surface area contributed by atoms with Crippen molar-refractivity contribution in [1.82, 2.24) is 9.80 Å². The van der Waals surface area contributed by atoms with Gasteiger partial charge in [-0.25, -0.2) is 0 Å². The lowest BCUT2D eigenvalue weighted by Gasteiger charge is -2.20. The number of benzene rings is 1. The van der Waals surface area contributed by atoms with Crippen LogP contribution in [0, 0.1) is 11.3 Å². The molecule has 1 N–H and O–H groups in total. The zero-order chi connectivity index (χ0) is 18.8. The van der Waals surface area contributed by atoms with Gasteiger partial charge < -0.3 is 19.9 Å². The third-order valence-corrected chi connectivity index (χ3v) is 4.84. The predicted octanol–water partition coefficient (Wildman–Crippen LogP) is 2.32. The smallest absolute Gasteiger partial charge is 0.225 e. The van der Waals surface area contributed by atoms with Crippen LogP contribution in [0.1, 0.15) is 32.3 Å². The molecule has 0 aliphatic carbocycles. The van der Waals surface area contributed by atoms with Gasteiger partial charge in [0.1, 0.15) is 0 Å². The number of amides is 1. The summed E-state index contributed by atoms with van der Waals surface area (Å²) in [5, 5.41) is 11.7. The second kappa shape index (κ2) is 10.9. The third-order valence-electron chi connectivity index (χ3n) is 4.84. The summed E-state index contributed by atoms with van der Waals surface area (Å²) in [7, 11) is 0. The second-order valence-electron chi connectivity index (χ2n) is 6.60. The maximum Gasteiger partial charge on any atom is 0.225 e. The van der Waals surface area contributed by atoms with E-state index in [0.29, 0.717) is 12.0 Å². The monoisotopic (exact) mass is 358 g/mol. The Balaban J connectivity index is 1.62. The number of ether oxygens (including phenoxy) is 1. The van der Waals surface area contributed by atoms with Crippen molar-refractivity contribution in [2.75, 3.05) is 51.2 Å². The maximum absolute atomic E-state index is 12.1. The highest BCUT2D eigenvalue weighted by atomic mass is 16.5. The second-order valence-corrected chi connectivity index (χ2v) is 6.60. The average Bonchev–Trinajstić information content (AvgIpc) is 3.12. The summed E-state index contributed by atoms with van der Waals surface area (Å²) in [4.78, 5) is 16.7. The molecule has 1 atom stereocenters. The predicted molar refractivity (Wildman–Crippen MR) is 103 cm³/mol. The molecule has 2 rings (SSSR count). The molecule has 26 heavy (non-hydrogen) atoms. The van der Waals surface area contributed by atoms with Gasteiger partial charge in [0, 0.05) is 38.3 Å². The van der Waals surface area contributed by atoms with Crippen LogP contribution in [0.25, 0.3) is 0 Å². The maximum atomic E-state index is 12.1. The Morgan fingerprint density at radius 2 is 2.08 bits per heavy atom. The molecule has 6 heteroatoms. The highest BCUT2D eigenvalue weighted by molar-refractivity contribution is 5.90. The lowest BCUT2D eigenvalue weighted by molar-refractivity contribution is -0.116. The van der Waals surface area contributed by atoms with E-state index in [1.54, 1.807) is 24.3 Å². The highest BCUT2D eigenvalue weighted by Crippen LogP contribution is 2.14. The van der Waals surface area contributed by atoms with Crippen molar-refractivity contribution in [3.05, 3.63) is 29.8 Å². The standard InChI is InChI=1S/C20H30N4O2/c1-3-23(4-2)13-14-26-19-9-11-24(16-19)12-10-20(25)22-18-7-5-17(15-21)6-8-18/h5-8,19H,3-4,9-14,16H2,1-2H3,(H,22,25)/t19-/m0/s1. The summed E-state index contributed by atoms with van der Waals surface area (Å²) >= 11 is 0. The van der Waals surface area contributed by atoms with Crippen LogP contribution in [-0.2, 0) is 9.53 Å². The molecular weight excluding hydrogens is 328 g/mol. The average molecular weight is 358 g/mol. The molecule has 0 unspecified atom stereocenters. The highest BCUT2D eigenvalue weighted by Gasteiger charge is 2.23. The first-order valence-electron chi connectivity index (χ1n) is 9.51. The van der Waals surface area contributed by atoms with Crippen molar-refractivity contribution in [1.29, 1.82) is 5.26 Å². The minimum Gasteiger partial charge on any atom is -0.376 e. The topological polar surface area (TPSA) is 68.6 Å². The van der Waals surface area contributed by atoms with E-state index in [0.717, 1.165) is 58.0 Å². The molecule has 0 bridgehead atoms. The molecule has 0 radical (unpaired) electrons. The number of likely N-dealkylation sites (N-methyl/N-ethyl adjacent to an activating group) is 1. The van der Waals surface area contributed by atoms with Crippen LogP contribution < -0.4 is 5.32 Å². The fraction of sp³-hybridized carbons (Fsp3) is 0.600. The van der Waals surface area contributed by atoms with Crippen LogP contribution in [0.5, 0.6) is 0 Å². The van der Waals surface area contributed by atoms with Crippen LogP contribution in [-0.4, -0.2) is 67.7 Å². The van der Waals surface area contributed by atoms with E-state index in [1.165, 1.54) is 0 Å². The first-order valence-corrected chi connectivity index (χ1v) is 9.51. The first kappa shape index (κ1) is 20.4. The lowest BCUT2D eigenvalue weighted by Crippen LogP contribution is -2.30. The van der Waals surface area contributed by atoms with E-state index < -0.39 is 0 Å². The fourth-order valence-corrected chi connectivity index (χ4v) is 3.14. The number of hydrogen-bond donors (Lipinski definition) is 1. The van der Waals surface area contributed by atoms with Gasteiger partial charge in [-0.15, -0.1) is 0 Å². The molecule has 0 saturated carbocycles. The van der Waals surface area contributed by atoms with Gasteiger partial charge in [0.2, 0.25) is 5.91 Å². The molecule has 1 amide bonds. The number of hydrogen-bond acceptors (Lipinski definition) is 5. The Morgan fingerprint density at radius 3 is 2.73 bits per heavy atom. The van der Waals surface area contributed by atoms with Crippen LogP contribution in [0.15, 0.2) is 24.3 Å². The summed E-state index contributed by atoms with van der Waals surface area (Å²) in [6.07, 6.45) is 1.79. The minimum atomic E-state index is 0.000564. The van der Waals surface area contributed by atoms with Gasteiger partial charge in [0.05, 0.1) is 24.3 Å². The van der Waals surface area contributed by atoms with Crippen LogP contribution >= 0.6 is 0 Å². The molecule has 0 aromatic heterocycles. The molecule has 1 aliphatic heterocycles. The zero-order valence-corrected chi connectivity index (χ0v) is 15.9. The van der Waals surface area contributed by atoms with Gasteiger partial charge in [-0.1, -0.05) is 13.8 Å². The van der Waals surface area contributed by atoms with E-state index >= 15 is 0 Å². The minimum absolute atomic E-state index is 0.000564. The molecule has 0 spiro atoms. The summed E-state index contributed by atoms with van der Waals surface area (Å²) in [5.41, 5.74) is 1.32. The number of carbonyl (C=O) groups excluding carboxylic acids is 1. The van der Waals surface area contributed by atoms with Crippen molar-refractivity contribution in [2.45, 2.75) is 32.8 Å². The summed E-state index contributed by atoms with van der Waals surface area (Å²) in [6, 6.07) is 8.99.